The quantitative estimate of drug-likeness (QED) is 0.687. The number of hydrogen-bond acceptors (Lipinski definition) is 1. The first-order chi connectivity index (χ1) is 6.31. The van der Waals surface area contributed by atoms with Gasteiger partial charge in [-0.15, -0.1) is 6.58 Å². The Hall–Kier alpha value is -1.02. The van der Waals surface area contributed by atoms with Gasteiger partial charge in [-0.2, -0.15) is 0 Å². The summed E-state index contributed by atoms with van der Waals surface area (Å²) in [6.07, 6.45) is 8.92. The highest BCUT2D eigenvalue weighted by Crippen LogP contribution is 2.29. The highest BCUT2D eigenvalue weighted by Gasteiger charge is 2.19. The van der Waals surface area contributed by atoms with Crippen molar-refractivity contribution in [2.45, 2.75) is 31.9 Å². The van der Waals surface area contributed by atoms with E-state index in [1.54, 1.807) is 0 Å². The molecule has 1 aliphatic rings. The molecule has 13 heavy (non-hydrogen) atoms. The predicted molar refractivity (Wildman–Crippen MR) is 52.5 cm³/mol. The third-order valence-electron chi connectivity index (χ3n) is 2.62. The summed E-state index contributed by atoms with van der Waals surface area (Å²) in [6.45, 7) is 4.53. The van der Waals surface area contributed by atoms with Crippen LogP contribution in [0.15, 0.2) is 25.0 Å². The van der Waals surface area contributed by atoms with Crippen molar-refractivity contribution < 1.29 is 5.11 Å². The minimum atomic E-state index is -0.241. The molecular weight excluding hydrogens is 162 g/mol. The average molecular weight is 177 g/mol. The molecule has 0 radical (unpaired) electrons. The second kappa shape index (κ2) is 3.38. The first kappa shape index (κ1) is 8.57. The zero-order chi connectivity index (χ0) is 9.26. The Morgan fingerprint density at radius 3 is 3.15 bits per heavy atom. The van der Waals surface area contributed by atoms with E-state index in [-0.39, 0.29) is 6.10 Å². The first-order valence-corrected chi connectivity index (χ1v) is 4.79. The molecule has 1 N–H and O–H groups in total. The Morgan fingerprint density at radius 1 is 1.62 bits per heavy atom. The van der Waals surface area contributed by atoms with Crippen molar-refractivity contribution in [3.8, 4) is 0 Å². The number of aliphatic hydroxyl groups is 1. The maximum atomic E-state index is 9.70. The fourth-order valence-electron chi connectivity index (χ4n) is 1.98. The standard InChI is InChI=1S/C11H15NO/c1-2-6-12-7-9-4-3-5-11(13)10(9)8-12/h2,7-8,11,13H,1,3-6H2. The molecule has 2 nitrogen and oxygen atoms in total. The average Bonchev–Trinajstić information content (AvgIpc) is 2.49. The lowest BCUT2D eigenvalue weighted by atomic mass is 9.93. The van der Waals surface area contributed by atoms with Crippen LogP contribution in [0.3, 0.4) is 0 Å². The molecule has 1 aromatic rings. The van der Waals surface area contributed by atoms with Crippen molar-refractivity contribution in [2.24, 2.45) is 0 Å². The van der Waals surface area contributed by atoms with Gasteiger partial charge in [-0.25, -0.2) is 0 Å². The largest absolute Gasteiger partial charge is 0.388 e. The van der Waals surface area contributed by atoms with Crippen molar-refractivity contribution in [2.75, 3.05) is 0 Å². The van der Waals surface area contributed by atoms with Gasteiger partial charge in [0.15, 0.2) is 0 Å². The number of allylic oxidation sites excluding steroid dienone is 1. The molecule has 0 amide bonds. The normalized spacial score (nSPS) is 21.2. The van der Waals surface area contributed by atoms with E-state index in [9.17, 15) is 5.11 Å². The topological polar surface area (TPSA) is 25.2 Å². The molecule has 1 aliphatic carbocycles. The Kier molecular flexibility index (Phi) is 2.23. The van der Waals surface area contributed by atoms with E-state index in [4.69, 9.17) is 0 Å². The van der Waals surface area contributed by atoms with E-state index in [1.165, 1.54) is 5.56 Å². The zero-order valence-corrected chi connectivity index (χ0v) is 7.74. The number of nitrogens with zero attached hydrogens (tertiary/aromatic N) is 1. The highest BCUT2D eigenvalue weighted by molar-refractivity contribution is 5.29. The van der Waals surface area contributed by atoms with Crippen LogP contribution in [0.4, 0.5) is 0 Å². The maximum absolute atomic E-state index is 9.70. The van der Waals surface area contributed by atoms with E-state index in [1.807, 2.05) is 12.3 Å². The molecule has 0 aromatic carbocycles. The van der Waals surface area contributed by atoms with Crippen molar-refractivity contribution in [3.05, 3.63) is 36.2 Å². The van der Waals surface area contributed by atoms with Gasteiger partial charge in [0.2, 0.25) is 0 Å². The van der Waals surface area contributed by atoms with Gasteiger partial charge < -0.3 is 9.67 Å². The van der Waals surface area contributed by atoms with Gasteiger partial charge in [0.25, 0.3) is 0 Å². The summed E-state index contributed by atoms with van der Waals surface area (Å²) in [4.78, 5) is 0. The Balaban J connectivity index is 2.30. The number of rotatable bonds is 2. The second-order valence-corrected chi connectivity index (χ2v) is 3.63. The SMILES string of the molecule is C=CCn1cc2c(c1)C(O)CCC2. The molecule has 2 heteroatoms. The number of aromatic nitrogens is 1. The lowest BCUT2D eigenvalue weighted by molar-refractivity contribution is 0.157. The molecule has 1 unspecified atom stereocenters. The molecule has 70 valence electrons. The summed E-state index contributed by atoms with van der Waals surface area (Å²) in [5.74, 6) is 0. The van der Waals surface area contributed by atoms with Crippen LogP contribution in [0.2, 0.25) is 0 Å². The fourth-order valence-corrected chi connectivity index (χ4v) is 1.98. The zero-order valence-electron chi connectivity index (χ0n) is 7.74. The van der Waals surface area contributed by atoms with Crippen LogP contribution in [0.5, 0.6) is 0 Å². The minimum Gasteiger partial charge on any atom is -0.388 e. The van der Waals surface area contributed by atoms with E-state index in [2.05, 4.69) is 17.3 Å². The predicted octanol–water partition coefficient (Wildman–Crippen LogP) is 2.04. The van der Waals surface area contributed by atoms with Crippen LogP contribution in [0.25, 0.3) is 0 Å². The Bertz CT molecular complexity index is 314. The summed E-state index contributed by atoms with van der Waals surface area (Å²) >= 11 is 0. The van der Waals surface area contributed by atoms with Crippen LogP contribution in [-0.2, 0) is 13.0 Å². The third-order valence-corrected chi connectivity index (χ3v) is 2.62. The van der Waals surface area contributed by atoms with Gasteiger partial charge in [0.05, 0.1) is 6.10 Å². The van der Waals surface area contributed by atoms with Crippen LogP contribution in [0.1, 0.15) is 30.1 Å². The lowest BCUT2D eigenvalue weighted by Gasteiger charge is -2.16. The van der Waals surface area contributed by atoms with Crippen molar-refractivity contribution in [1.29, 1.82) is 0 Å². The van der Waals surface area contributed by atoms with Gasteiger partial charge in [-0.05, 0) is 24.8 Å². The van der Waals surface area contributed by atoms with Crippen LogP contribution in [0, 0.1) is 0 Å². The van der Waals surface area contributed by atoms with Crippen molar-refractivity contribution in [3.63, 3.8) is 0 Å². The fraction of sp³-hybridized carbons (Fsp3) is 0.455. The summed E-state index contributed by atoms with van der Waals surface area (Å²) in [7, 11) is 0. The maximum Gasteiger partial charge on any atom is 0.0807 e. The van der Waals surface area contributed by atoms with Gasteiger partial charge in [0, 0.05) is 24.5 Å². The minimum absolute atomic E-state index is 0.241. The summed E-state index contributed by atoms with van der Waals surface area (Å²) in [5.41, 5.74) is 2.42. The van der Waals surface area contributed by atoms with Crippen LogP contribution in [-0.4, -0.2) is 9.67 Å². The van der Waals surface area contributed by atoms with E-state index in [0.717, 1.165) is 31.4 Å². The van der Waals surface area contributed by atoms with Gasteiger partial charge >= 0.3 is 0 Å². The van der Waals surface area contributed by atoms with Gasteiger partial charge in [-0.3, -0.25) is 0 Å². The third kappa shape index (κ3) is 1.54. The molecule has 0 spiro atoms. The Labute approximate surface area is 78.5 Å². The molecule has 1 aromatic heterocycles. The highest BCUT2D eigenvalue weighted by atomic mass is 16.3. The summed E-state index contributed by atoms with van der Waals surface area (Å²) in [6, 6.07) is 0. The second-order valence-electron chi connectivity index (χ2n) is 3.63. The van der Waals surface area contributed by atoms with E-state index < -0.39 is 0 Å². The molecule has 0 aliphatic heterocycles. The smallest absolute Gasteiger partial charge is 0.0807 e. The monoisotopic (exact) mass is 177 g/mol. The number of aliphatic hydroxyl groups excluding tert-OH is 1. The lowest BCUT2D eigenvalue weighted by Crippen LogP contribution is -2.05. The summed E-state index contributed by atoms with van der Waals surface area (Å²) < 4.78 is 2.09. The van der Waals surface area contributed by atoms with Crippen molar-refractivity contribution >= 4 is 0 Å². The number of hydrogen-bond donors (Lipinski definition) is 1. The van der Waals surface area contributed by atoms with E-state index in [0.29, 0.717) is 0 Å². The Morgan fingerprint density at radius 2 is 2.46 bits per heavy atom. The number of fused-ring (bicyclic) bond motifs is 1. The van der Waals surface area contributed by atoms with Crippen LogP contribution >= 0.6 is 0 Å². The molecule has 1 heterocycles. The molecule has 0 saturated heterocycles. The number of aryl methyl sites for hydroxylation is 1. The summed E-state index contributed by atoms with van der Waals surface area (Å²) in [5, 5.41) is 9.70. The molecule has 1 atom stereocenters. The van der Waals surface area contributed by atoms with Gasteiger partial charge in [0.1, 0.15) is 0 Å². The van der Waals surface area contributed by atoms with Gasteiger partial charge in [-0.1, -0.05) is 6.08 Å². The van der Waals surface area contributed by atoms with Crippen molar-refractivity contribution in [1.82, 2.24) is 4.57 Å². The van der Waals surface area contributed by atoms with Crippen LogP contribution < -0.4 is 0 Å². The molecule has 0 saturated carbocycles. The molecule has 0 fully saturated rings. The molecule has 0 bridgehead atoms. The first-order valence-electron chi connectivity index (χ1n) is 4.79. The molecular formula is C11H15NO. The van der Waals surface area contributed by atoms with E-state index >= 15 is 0 Å². The molecule has 2 rings (SSSR count).